The molecule has 60 valence electrons. The Morgan fingerprint density at radius 2 is 1.80 bits per heavy atom. The fourth-order valence-electron chi connectivity index (χ4n) is 1.67. The highest BCUT2D eigenvalue weighted by atomic mass is 32.1. The van der Waals surface area contributed by atoms with Gasteiger partial charge >= 0.3 is 0 Å². The van der Waals surface area contributed by atoms with Gasteiger partial charge in [-0.3, -0.25) is 0 Å². The number of hydrogen-bond acceptors (Lipinski definition) is 2. The lowest BCUT2D eigenvalue weighted by Gasteiger charge is -2.25. The van der Waals surface area contributed by atoms with Crippen LogP contribution in [0.5, 0.6) is 0 Å². The van der Waals surface area contributed by atoms with Crippen LogP contribution >= 0.6 is 25.3 Å². The Balaban J connectivity index is 2.24. The molecule has 2 heteroatoms. The first-order valence-corrected chi connectivity index (χ1v) is 5.28. The van der Waals surface area contributed by atoms with Crippen LogP contribution in [0.4, 0.5) is 0 Å². The molecule has 1 atom stereocenters. The summed E-state index contributed by atoms with van der Waals surface area (Å²) in [6.45, 7) is 0. The Morgan fingerprint density at radius 1 is 1.20 bits per heavy atom. The van der Waals surface area contributed by atoms with Crippen LogP contribution in [-0.2, 0) is 0 Å². The van der Waals surface area contributed by atoms with Gasteiger partial charge in [-0.05, 0) is 18.8 Å². The van der Waals surface area contributed by atoms with Gasteiger partial charge in [-0.15, -0.1) is 0 Å². The summed E-state index contributed by atoms with van der Waals surface area (Å²) in [6.07, 6.45) is 7.03. The average Bonchev–Trinajstić information content (AvgIpc) is 2.05. The van der Waals surface area contributed by atoms with Gasteiger partial charge in [0.2, 0.25) is 0 Å². The number of hydrogen-bond donors (Lipinski definition) is 2. The second-order valence-electron chi connectivity index (χ2n) is 3.15. The molecule has 1 unspecified atom stereocenters. The molecule has 0 aromatic carbocycles. The second kappa shape index (κ2) is 4.55. The first-order chi connectivity index (χ1) is 4.84. The summed E-state index contributed by atoms with van der Waals surface area (Å²) >= 11 is 8.75. The molecule has 1 rings (SSSR count). The summed E-state index contributed by atoms with van der Waals surface area (Å²) in [5.41, 5.74) is 0. The van der Waals surface area contributed by atoms with Gasteiger partial charge in [0.05, 0.1) is 0 Å². The molecule has 1 aliphatic rings. The van der Waals surface area contributed by atoms with Crippen molar-refractivity contribution in [1.82, 2.24) is 0 Å². The molecule has 0 aromatic heterocycles. The van der Waals surface area contributed by atoms with Gasteiger partial charge in [-0.2, -0.15) is 25.3 Å². The Bertz CT molecular complexity index is 87.3. The van der Waals surface area contributed by atoms with Crippen molar-refractivity contribution >= 4 is 25.3 Å². The molecule has 0 saturated heterocycles. The highest BCUT2D eigenvalue weighted by Gasteiger charge is 2.18. The minimum absolute atomic E-state index is 0.545. The van der Waals surface area contributed by atoms with Gasteiger partial charge in [-0.1, -0.05) is 19.3 Å². The van der Waals surface area contributed by atoms with E-state index >= 15 is 0 Å². The molecule has 0 radical (unpaired) electrons. The normalized spacial score (nSPS) is 24.6. The lowest BCUT2D eigenvalue weighted by atomic mass is 9.87. The van der Waals surface area contributed by atoms with E-state index in [4.69, 9.17) is 0 Å². The summed E-state index contributed by atoms with van der Waals surface area (Å²) in [4.78, 5) is 0. The first kappa shape index (κ1) is 8.79. The monoisotopic (exact) mass is 176 g/mol. The van der Waals surface area contributed by atoms with Crippen LogP contribution in [0, 0.1) is 5.92 Å². The SMILES string of the molecule is SCC(S)C1CCCCC1. The lowest BCUT2D eigenvalue weighted by molar-refractivity contribution is 0.360. The predicted molar refractivity (Wildman–Crippen MR) is 53.2 cm³/mol. The maximum atomic E-state index is 4.50. The molecule has 0 spiro atoms. The Hall–Kier alpha value is 0.700. The zero-order chi connectivity index (χ0) is 7.40. The van der Waals surface area contributed by atoms with Crippen molar-refractivity contribution in [3.63, 3.8) is 0 Å². The fourth-order valence-corrected chi connectivity index (χ4v) is 2.26. The van der Waals surface area contributed by atoms with Gasteiger partial charge in [-0.25, -0.2) is 0 Å². The van der Waals surface area contributed by atoms with Crippen LogP contribution in [-0.4, -0.2) is 11.0 Å². The molecule has 0 heterocycles. The maximum Gasteiger partial charge on any atom is 0.0133 e. The molecule has 0 N–H and O–H groups in total. The Kier molecular flexibility index (Phi) is 4.00. The summed E-state index contributed by atoms with van der Waals surface area (Å²) in [5.74, 6) is 1.79. The lowest BCUT2D eigenvalue weighted by Crippen LogP contribution is -2.19. The molecule has 10 heavy (non-hydrogen) atoms. The molecule has 1 fully saturated rings. The van der Waals surface area contributed by atoms with E-state index in [-0.39, 0.29) is 0 Å². The molecule has 1 aliphatic carbocycles. The Morgan fingerprint density at radius 3 is 2.30 bits per heavy atom. The topological polar surface area (TPSA) is 0 Å². The van der Waals surface area contributed by atoms with E-state index < -0.39 is 0 Å². The average molecular weight is 176 g/mol. The van der Waals surface area contributed by atoms with Crippen molar-refractivity contribution < 1.29 is 0 Å². The molecule has 0 nitrogen and oxygen atoms in total. The predicted octanol–water partition coefficient (Wildman–Crippen LogP) is 2.79. The van der Waals surface area contributed by atoms with Crippen LogP contribution in [0.25, 0.3) is 0 Å². The molecule has 0 aromatic rings. The quantitative estimate of drug-likeness (QED) is 0.594. The second-order valence-corrected chi connectivity index (χ2v) is 4.18. The van der Waals surface area contributed by atoms with E-state index in [1.807, 2.05) is 0 Å². The Labute approximate surface area is 74.6 Å². The molecular formula is C8H16S2. The first-order valence-electron chi connectivity index (χ1n) is 4.13. The van der Waals surface area contributed by atoms with Crippen molar-refractivity contribution in [1.29, 1.82) is 0 Å². The molecule has 0 aliphatic heterocycles. The minimum atomic E-state index is 0.545. The third-order valence-corrected chi connectivity index (χ3v) is 3.67. The summed E-state index contributed by atoms with van der Waals surface area (Å²) in [7, 11) is 0. The van der Waals surface area contributed by atoms with Crippen LogP contribution < -0.4 is 0 Å². The van der Waals surface area contributed by atoms with E-state index in [1.165, 1.54) is 32.1 Å². The van der Waals surface area contributed by atoms with Crippen molar-refractivity contribution in [3.8, 4) is 0 Å². The van der Waals surface area contributed by atoms with Gasteiger partial charge in [0, 0.05) is 11.0 Å². The van der Waals surface area contributed by atoms with E-state index in [0.717, 1.165) is 11.7 Å². The van der Waals surface area contributed by atoms with E-state index in [1.54, 1.807) is 0 Å². The van der Waals surface area contributed by atoms with Crippen LogP contribution in [0.15, 0.2) is 0 Å². The van der Waals surface area contributed by atoms with Crippen molar-refractivity contribution in [2.45, 2.75) is 37.4 Å². The summed E-state index contributed by atoms with van der Waals surface area (Å²) in [6, 6.07) is 0. The van der Waals surface area contributed by atoms with Gasteiger partial charge < -0.3 is 0 Å². The molecule has 1 saturated carbocycles. The van der Waals surface area contributed by atoms with Crippen molar-refractivity contribution in [2.24, 2.45) is 5.92 Å². The third-order valence-electron chi connectivity index (χ3n) is 2.38. The van der Waals surface area contributed by atoms with Crippen LogP contribution in [0.1, 0.15) is 32.1 Å². The van der Waals surface area contributed by atoms with Crippen molar-refractivity contribution in [2.75, 3.05) is 5.75 Å². The standard InChI is InChI=1S/C8H16S2/c9-6-8(10)7-4-2-1-3-5-7/h7-10H,1-6H2. The molecule has 0 bridgehead atoms. The largest absolute Gasteiger partial charge is 0.178 e. The summed E-state index contributed by atoms with van der Waals surface area (Å²) in [5, 5.41) is 0.545. The van der Waals surface area contributed by atoms with E-state index in [2.05, 4.69) is 25.3 Å². The summed E-state index contributed by atoms with van der Waals surface area (Å²) < 4.78 is 0. The van der Waals surface area contributed by atoms with Crippen LogP contribution in [0.2, 0.25) is 0 Å². The van der Waals surface area contributed by atoms with E-state index in [9.17, 15) is 0 Å². The highest BCUT2D eigenvalue weighted by molar-refractivity contribution is 7.84. The minimum Gasteiger partial charge on any atom is -0.178 e. The van der Waals surface area contributed by atoms with E-state index in [0.29, 0.717) is 5.25 Å². The zero-order valence-corrected chi connectivity index (χ0v) is 8.08. The van der Waals surface area contributed by atoms with Crippen LogP contribution in [0.3, 0.4) is 0 Å². The molecular weight excluding hydrogens is 160 g/mol. The van der Waals surface area contributed by atoms with Gasteiger partial charge in [0.25, 0.3) is 0 Å². The fraction of sp³-hybridized carbons (Fsp3) is 1.00. The van der Waals surface area contributed by atoms with Gasteiger partial charge in [0.15, 0.2) is 0 Å². The van der Waals surface area contributed by atoms with Gasteiger partial charge in [0.1, 0.15) is 0 Å². The molecule has 0 amide bonds. The van der Waals surface area contributed by atoms with Crippen molar-refractivity contribution in [3.05, 3.63) is 0 Å². The number of thiol groups is 2. The number of rotatable bonds is 2. The smallest absolute Gasteiger partial charge is 0.0133 e. The highest BCUT2D eigenvalue weighted by Crippen LogP contribution is 2.29. The third kappa shape index (κ3) is 2.39. The zero-order valence-electron chi connectivity index (χ0n) is 6.29. The maximum absolute atomic E-state index is 4.50.